The highest BCUT2D eigenvalue weighted by molar-refractivity contribution is 4.84. The van der Waals surface area contributed by atoms with Crippen LogP contribution in [0, 0.1) is 5.92 Å². The van der Waals surface area contributed by atoms with E-state index in [2.05, 4.69) is 19.2 Å². The summed E-state index contributed by atoms with van der Waals surface area (Å²) in [6.07, 6.45) is 2.44. The summed E-state index contributed by atoms with van der Waals surface area (Å²) in [4.78, 5) is 0. The smallest absolute Gasteiger partial charge is 0.171 e. The van der Waals surface area contributed by atoms with E-state index in [9.17, 15) is 0 Å². The number of rotatable bonds is 5. The van der Waals surface area contributed by atoms with Crippen LogP contribution in [0.1, 0.15) is 26.7 Å². The first kappa shape index (κ1) is 11.0. The van der Waals surface area contributed by atoms with Crippen LogP contribution in [0.3, 0.4) is 0 Å². The summed E-state index contributed by atoms with van der Waals surface area (Å²) in [7, 11) is 3.35. The van der Waals surface area contributed by atoms with E-state index in [-0.39, 0.29) is 12.3 Å². The summed E-state index contributed by atoms with van der Waals surface area (Å²) in [6, 6.07) is 0.935. The predicted molar refractivity (Wildman–Crippen MR) is 52.6 cm³/mol. The molecule has 0 spiro atoms. The maximum atomic E-state index is 5.17. The number of ether oxygens (including phenoxy) is 2. The van der Waals surface area contributed by atoms with Gasteiger partial charge in [0.05, 0.1) is 6.04 Å². The zero-order valence-electron chi connectivity index (χ0n) is 9.04. The molecule has 0 aromatic rings. The molecule has 1 rings (SSSR count). The van der Waals surface area contributed by atoms with Gasteiger partial charge in [0, 0.05) is 20.3 Å². The average Bonchev–Trinajstić information content (AvgIpc) is 2.04. The highest BCUT2D eigenvalue weighted by atomic mass is 16.7. The molecule has 3 nitrogen and oxygen atoms in total. The highest BCUT2D eigenvalue weighted by Gasteiger charge is 2.28. The Hall–Kier alpha value is -0.120. The maximum Gasteiger partial charge on any atom is 0.171 e. The van der Waals surface area contributed by atoms with Crippen molar-refractivity contribution in [3.8, 4) is 0 Å². The lowest BCUT2D eigenvalue weighted by Gasteiger charge is -2.37. The van der Waals surface area contributed by atoms with Gasteiger partial charge in [-0.15, -0.1) is 0 Å². The lowest BCUT2D eigenvalue weighted by atomic mass is 9.81. The SMILES string of the molecule is COC(OC)C(C)NC1CC(C)C1. The van der Waals surface area contributed by atoms with E-state index >= 15 is 0 Å². The average molecular weight is 187 g/mol. The van der Waals surface area contributed by atoms with Gasteiger partial charge in [-0.2, -0.15) is 0 Å². The molecule has 13 heavy (non-hydrogen) atoms. The molecule has 3 heteroatoms. The van der Waals surface area contributed by atoms with E-state index in [1.807, 2.05) is 0 Å². The van der Waals surface area contributed by atoms with Crippen LogP contribution in [-0.2, 0) is 9.47 Å². The van der Waals surface area contributed by atoms with Crippen LogP contribution in [0.5, 0.6) is 0 Å². The van der Waals surface area contributed by atoms with E-state index in [1.54, 1.807) is 14.2 Å². The van der Waals surface area contributed by atoms with E-state index < -0.39 is 0 Å². The minimum Gasteiger partial charge on any atom is -0.354 e. The standard InChI is InChI=1S/C10H21NO2/c1-7-5-9(6-7)11-8(2)10(12-3)13-4/h7-11H,5-6H2,1-4H3. The lowest BCUT2D eigenvalue weighted by Crippen LogP contribution is -2.49. The second-order valence-corrected chi connectivity index (χ2v) is 4.07. The Morgan fingerprint density at radius 1 is 1.23 bits per heavy atom. The molecule has 1 atom stereocenters. The summed E-state index contributed by atoms with van der Waals surface area (Å²) >= 11 is 0. The van der Waals surface area contributed by atoms with Gasteiger partial charge < -0.3 is 14.8 Å². The van der Waals surface area contributed by atoms with Crippen molar-refractivity contribution in [3.05, 3.63) is 0 Å². The molecule has 1 fully saturated rings. The third kappa shape index (κ3) is 2.93. The van der Waals surface area contributed by atoms with Crippen molar-refractivity contribution in [2.45, 2.75) is 45.1 Å². The van der Waals surface area contributed by atoms with Gasteiger partial charge in [0.15, 0.2) is 6.29 Å². The Labute approximate surface area is 80.8 Å². The molecule has 1 saturated carbocycles. The fourth-order valence-corrected chi connectivity index (χ4v) is 1.99. The lowest BCUT2D eigenvalue weighted by molar-refractivity contribution is -0.122. The molecule has 0 aliphatic heterocycles. The summed E-state index contributed by atoms with van der Waals surface area (Å²) in [6.45, 7) is 4.38. The largest absolute Gasteiger partial charge is 0.354 e. The quantitative estimate of drug-likeness (QED) is 0.660. The van der Waals surface area contributed by atoms with Crippen LogP contribution in [-0.4, -0.2) is 32.6 Å². The summed E-state index contributed by atoms with van der Waals surface area (Å²) < 4.78 is 10.3. The minimum absolute atomic E-state index is 0.129. The van der Waals surface area contributed by atoms with E-state index in [0.717, 1.165) is 5.92 Å². The molecule has 0 aromatic carbocycles. The van der Waals surface area contributed by atoms with Crippen molar-refractivity contribution in [2.75, 3.05) is 14.2 Å². The molecule has 0 saturated heterocycles. The molecule has 0 bridgehead atoms. The van der Waals surface area contributed by atoms with Crippen LogP contribution < -0.4 is 5.32 Å². The van der Waals surface area contributed by atoms with Gasteiger partial charge in [0.1, 0.15) is 0 Å². The zero-order valence-corrected chi connectivity index (χ0v) is 9.04. The van der Waals surface area contributed by atoms with Gasteiger partial charge in [-0.05, 0) is 25.7 Å². The predicted octanol–water partition coefficient (Wildman–Crippen LogP) is 1.38. The molecule has 0 aromatic heterocycles. The monoisotopic (exact) mass is 187 g/mol. The minimum atomic E-state index is -0.129. The van der Waals surface area contributed by atoms with Gasteiger partial charge in [-0.3, -0.25) is 0 Å². The summed E-state index contributed by atoms with van der Waals surface area (Å²) in [5.74, 6) is 0.883. The molecule has 78 valence electrons. The van der Waals surface area contributed by atoms with Crippen molar-refractivity contribution in [2.24, 2.45) is 5.92 Å². The van der Waals surface area contributed by atoms with Crippen molar-refractivity contribution in [3.63, 3.8) is 0 Å². The second-order valence-electron chi connectivity index (χ2n) is 4.07. The Balaban J connectivity index is 2.19. The Morgan fingerprint density at radius 3 is 2.15 bits per heavy atom. The van der Waals surface area contributed by atoms with Crippen LogP contribution in [0.2, 0.25) is 0 Å². The maximum absolute atomic E-state index is 5.17. The van der Waals surface area contributed by atoms with E-state index in [4.69, 9.17) is 9.47 Å². The van der Waals surface area contributed by atoms with Gasteiger partial charge in [0.2, 0.25) is 0 Å². The Bertz CT molecular complexity index is 142. The molecular weight excluding hydrogens is 166 g/mol. The molecule has 0 heterocycles. The van der Waals surface area contributed by atoms with Crippen LogP contribution in [0.15, 0.2) is 0 Å². The number of hydrogen-bond acceptors (Lipinski definition) is 3. The Morgan fingerprint density at radius 2 is 1.77 bits per heavy atom. The molecule has 0 radical (unpaired) electrons. The normalized spacial score (nSPS) is 30.2. The number of methoxy groups -OCH3 is 2. The number of hydrogen-bond donors (Lipinski definition) is 1. The first-order valence-corrected chi connectivity index (χ1v) is 4.99. The molecule has 1 aliphatic rings. The van der Waals surface area contributed by atoms with E-state index in [1.165, 1.54) is 12.8 Å². The van der Waals surface area contributed by atoms with Crippen molar-refractivity contribution in [1.82, 2.24) is 5.32 Å². The zero-order chi connectivity index (χ0) is 9.84. The summed E-state index contributed by atoms with van der Waals surface area (Å²) in [5.41, 5.74) is 0. The number of nitrogens with one attached hydrogen (secondary N) is 1. The fraction of sp³-hybridized carbons (Fsp3) is 1.00. The van der Waals surface area contributed by atoms with Crippen LogP contribution in [0.4, 0.5) is 0 Å². The molecule has 1 N–H and O–H groups in total. The highest BCUT2D eigenvalue weighted by Crippen LogP contribution is 2.26. The van der Waals surface area contributed by atoms with Crippen molar-refractivity contribution >= 4 is 0 Å². The van der Waals surface area contributed by atoms with Crippen molar-refractivity contribution in [1.29, 1.82) is 0 Å². The molecule has 1 aliphatic carbocycles. The summed E-state index contributed by atoms with van der Waals surface area (Å²) in [5, 5.41) is 3.50. The third-order valence-electron chi connectivity index (χ3n) is 2.75. The fourth-order valence-electron chi connectivity index (χ4n) is 1.99. The van der Waals surface area contributed by atoms with Gasteiger partial charge in [-0.25, -0.2) is 0 Å². The first-order valence-electron chi connectivity index (χ1n) is 4.99. The van der Waals surface area contributed by atoms with Crippen molar-refractivity contribution < 1.29 is 9.47 Å². The molecular formula is C10H21NO2. The van der Waals surface area contributed by atoms with Gasteiger partial charge in [0.25, 0.3) is 0 Å². The Kier molecular flexibility index (Phi) is 4.16. The molecule has 0 amide bonds. The van der Waals surface area contributed by atoms with Crippen LogP contribution in [0.25, 0.3) is 0 Å². The van der Waals surface area contributed by atoms with Gasteiger partial charge in [-0.1, -0.05) is 6.92 Å². The topological polar surface area (TPSA) is 30.5 Å². The second kappa shape index (κ2) is 4.94. The molecule has 1 unspecified atom stereocenters. The van der Waals surface area contributed by atoms with Crippen LogP contribution >= 0.6 is 0 Å². The van der Waals surface area contributed by atoms with E-state index in [0.29, 0.717) is 6.04 Å². The first-order chi connectivity index (χ1) is 6.17. The van der Waals surface area contributed by atoms with Gasteiger partial charge >= 0.3 is 0 Å². The third-order valence-corrected chi connectivity index (χ3v) is 2.75.